The van der Waals surface area contributed by atoms with Gasteiger partial charge in [0.15, 0.2) is 5.82 Å². The number of nitrogens with zero attached hydrogens (tertiary/aromatic N) is 7. The minimum Gasteiger partial charge on any atom is -0.348 e. The van der Waals surface area contributed by atoms with Gasteiger partial charge >= 0.3 is 0 Å². The summed E-state index contributed by atoms with van der Waals surface area (Å²) in [6.45, 7) is 0. The van der Waals surface area contributed by atoms with Crippen molar-refractivity contribution in [2.24, 2.45) is 0 Å². The van der Waals surface area contributed by atoms with Crippen LogP contribution in [0, 0.1) is 0 Å². The lowest BCUT2D eigenvalue weighted by Crippen LogP contribution is -2.51. The summed E-state index contributed by atoms with van der Waals surface area (Å²) < 4.78 is 5.76. The molecule has 5 rings (SSSR count). The number of hydrogen-bond donors (Lipinski definition) is 1. The summed E-state index contributed by atoms with van der Waals surface area (Å²) in [4.78, 5) is 19.2. The smallest absolute Gasteiger partial charge is 0.271 e. The molecule has 3 aromatic rings. The van der Waals surface area contributed by atoms with Crippen LogP contribution in [0.2, 0.25) is 0 Å². The molecule has 25 heavy (non-hydrogen) atoms. The van der Waals surface area contributed by atoms with Crippen molar-refractivity contribution in [3.8, 4) is 0 Å². The highest BCUT2D eigenvalue weighted by Crippen LogP contribution is 2.39. The van der Waals surface area contributed by atoms with E-state index in [2.05, 4.69) is 35.1 Å². The standard InChI is InChI=1S/C15H16N8OS/c24-15(12-3-6-25-19-12)17-9-7-10-1-2-11(8-9)23(10)13-14-18-20-21-22(14)5-4-16-13/h3-6,9-11H,1-2,7-8H2,(H,17,24)/t9?,10-,11+. The highest BCUT2D eigenvalue weighted by molar-refractivity contribution is 7.03. The monoisotopic (exact) mass is 356 g/mol. The number of carbonyl (C=O) groups is 1. The number of aromatic nitrogens is 6. The zero-order chi connectivity index (χ0) is 16.8. The van der Waals surface area contributed by atoms with E-state index in [9.17, 15) is 4.79 Å². The van der Waals surface area contributed by atoms with Gasteiger partial charge in [-0.05, 0) is 53.7 Å². The van der Waals surface area contributed by atoms with Crippen molar-refractivity contribution >= 4 is 28.9 Å². The normalized spacial score (nSPS) is 25.4. The van der Waals surface area contributed by atoms with Crippen LogP contribution in [0.3, 0.4) is 0 Å². The number of amides is 1. The molecule has 9 nitrogen and oxygen atoms in total. The van der Waals surface area contributed by atoms with E-state index in [4.69, 9.17) is 0 Å². The maximum absolute atomic E-state index is 12.3. The molecular weight excluding hydrogens is 340 g/mol. The molecule has 2 fully saturated rings. The SMILES string of the molecule is O=C(NC1C[C@H]2CC[C@@H](C1)N2c1nccn2nnnc12)c1ccsn1. The number of rotatable bonds is 3. The minimum absolute atomic E-state index is 0.0824. The van der Waals surface area contributed by atoms with E-state index >= 15 is 0 Å². The number of carbonyl (C=O) groups excluding carboxylic acids is 1. The maximum Gasteiger partial charge on any atom is 0.271 e. The highest BCUT2D eigenvalue weighted by atomic mass is 32.1. The van der Waals surface area contributed by atoms with Gasteiger partial charge < -0.3 is 10.2 Å². The molecule has 0 radical (unpaired) electrons. The molecule has 0 aliphatic carbocycles. The van der Waals surface area contributed by atoms with Gasteiger partial charge in [0.25, 0.3) is 5.91 Å². The number of hydrogen-bond acceptors (Lipinski definition) is 8. The topological polar surface area (TPSA) is 101 Å². The Kier molecular flexibility index (Phi) is 3.37. The second kappa shape index (κ2) is 5.73. The first-order valence-electron chi connectivity index (χ1n) is 8.32. The summed E-state index contributed by atoms with van der Waals surface area (Å²) in [5.74, 6) is 0.755. The molecule has 3 aromatic heterocycles. The molecule has 128 valence electrons. The third-order valence-corrected chi connectivity index (χ3v) is 5.64. The molecule has 2 saturated heterocycles. The van der Waals surface area contributed by atoms with Crippen LogP contribution in [-0.4, -0.2) is 53.4 Å². The molecule has 5 heterocycles. The van der Waals surface area contributed by atoms with Gasteiger partial charge in [0, 0.05) is 29.7 Å². The molecule has 2 bridgehead atoms. The second-order valence-corrected chi connectivity index (χ2v) is 7.18. The third kappa shape index (κ3) is 2.44. The fourth-order valence-corrected chi connectivity index (χ4v) is 4.59. The van der Waals surface area contributed by atoms with Crippen LogP contribution >= 0.6 is 11.5 Å². The van der Waals surface area contributed by atoms with Gasteiger partial charge in [0.05, 0.1) is 6.20 Å². The number of fused-ring (bicyclic) bond motifs is 3. The lowest BCUT2D eigenvalue weighted by atomic mass is 9.97. The van der Waals surface area contributed by atoms with Gasteiger partial charge in [-0.15, -0.1) is 5.10 Å². The van der Waals surface area contributed by atoms with Crippen molar-refractivity contribution in [3.63, 3.8) is 0 Å². The summed E-state index contributed by atoms with van der Waals surface area (Å²) in [6.07, 6.45) is 7.47. The van der Waals surface area contributed by atoms with E-state index in [0.717, 1.165) is 31.5 Å². The van der Waals surface area contributed by atoms with E-state index in [-0.39, 0.29) is 11.9 Å². The Balaban J connectivity index is 1.37. The predicted octanol–water partition coefficient (Wildman–Crippen LogP) is 0.906. The van der Waals surface area contributed by atoms with Crippen molar-refractivity contribution in [2.45, 2.75) is 43.8 Å². The predicted molar refractivity (Wildman–Crippen MR) is 90.5 cm³/mol. The summed E-state index contributed by atoms with van der Waals surface area (Å²) in [6, 6.07) is 2.61. The van der Waals surface area contributed by atoms with Crippen LogP contribution in [0.1, 0.15) is 36.2 Å². The first-order chi connectivity index (χ1) is 12.3. The van der Waals surface area contributed by atoms with Gasteiger partial charge in [0.1, 0.15) is 5.69 Å². The number of tetrazole rings is 1. The molecule has 2 aliphatic heterocycles. The van der Waals surface area contributed by atoms with Crippen LogP contribution in [0.15, 0.2) is 23.8 Å². The zero-order valence-electron chi connectivity index (χ0n) is 13.3. The molecule has 0 spiro atoms. The number of anilines is 1. The Bertz CT molecular complexity index is 895. The Morgan fingerprint density at radius 3 is 2.88 bits per heavy atom. The maximum atomic E-state index is 12.3. The van der Waals surface area contributed by atoms with Gasteiger partial charge in [-0.2, -0.15) is 8.89 Å². The number of piperidine rings is 1. The second-order valence-electron chi connectivity index (χ2n) is 6.52. The highest BCUT2D eigenvalue weighted by Gasteiger charge is 2.42. The molecular formula is C15H16N8OS. The van der Waals surface area contributed by atoms with Crippen molar-refractivity contribution in [1.82, 2.24) is 34.7 Å². The van der Waals surface area contributed by atoms with E-state index in [1.54, 1.807) is 23.0 Å². The minimum atomic E-state index is -0.0824. The van der Waals surface area contributed by atoms with Crippen molar-refractivity contribution in [3.05, 3.63) is 29.5 Å². The largest absolute Gasteiger partial charge is 0.348 e. The van der Waals surface area contributed by atoms with E-state index < -0.39 is 0 Å². The Morgan fingerprint density at radius 1 is 1.28 bits per heavy atom. The zero-order valence-corrected chi connectivity index (χ0v) is 14.1. The molecule has 2 aliphatic rings. The van der Waals surface area contributed by atoms with E-state index in [1.807, 2.05) is 5.38 Å². The van der Waals surface area contributed by atoms with Gasteiger partial charge in [-0.1, -0.05) is 0 Å². The van der Waals surface area contributed by atoms with E-state index in [0.29, 0.717) is 23.4 Å². The molecule has 1 unspecified atom stereocenters. The Hall–Kier alpha value is -2.62. The van der Waals surface area contributed by atoms with Crippen LogP contribution in [0.25, 0.3) is 5.65 Å². The number of nitrogens with one attached hydrogen (secondary N) is 1. The summed E-state index contributed by atoms with van der Waals surface area (Å²) in [5.41, 5.74) is 1.19. The Labute approximate surface area is 147 Å². The van der Waals surface area contributed by atoms with Crippen LogP contribution in [0.5, 0.6) is 0 Å². The van der Waals surface area contributed by atoms with Crippen molar-refractivity contribution < 1.29 is 4.79 Å². The summed E-state index contributed by atoms with van der Waals surface area (Å²) in [5, 5.41) is 16.8. The molecule has 1 N–H and O–H groups in total. The lowest BCUT2D eigenvalue weighted by molar-refractivity contribution is 0.0923. The first kappa shape index (κ1) is 14.7. The molecule has 0 saturated carbocycles. The summed E-state index contributed by atoms with van der Waals surface area (Å²) in [7, 11) is 0. The van der Waals surface area contributed by atoms with Crippen LogP contribution < -0.4 is 10.2 Å². The third-order valence-electron chi connectivity index (χ3n) is 5.08. The fourth-order valence-electron chi connectivity index (χ4n) is 4.08. The van der Waals surface area contributed by atoms with Gasteiger partial charge in [-0.25, -0.2) is 4.98 Å². The average molecular weight is 356 g/mol. The average Bonchev–Trinajstić information content (AvgIpc) is 3.34. The summed E-state index contributed by atoms with van der Waals surface area (Å²) >= 11 is 1.29. The molecule has 3 atom stereocenters. The molecule has 0 aromatic carbocycles. The van der Waals surface area contributed by atoms with Gasteiger partial charge in [-0.3, -0.25) is 4.79 Å². The van der Waals surface area contributed by atoms with E-state index in [1.165, 1.54) is 11.5 Å². The molecule has 1 amide bonds. The lowest BCUT2D eigenvalue weighted by Gasteiger charge is -2.39. The molecule has 10 heteroatoms. The Morgan fingerprint density at radius 2 is 2.12 bits per heavy atom. The van der Waals surface area contributed by atoms with Gasteiger partial charge in [0.2, 0.25) is 5.65 Å². The first-order valence-corrected chi connectivity index (χ1v) is 9.15. The van der Waals surface area contributed by atoms with Crippen molar-refractivity contribution in [2.75, 3.05) is 4.90 Å². The van der Waals surface area contributed by atoms with Crippen LogP contribution in [0.4, 0.5) is 5.82 Å². The quantitative estimate of drug-likeness (QED) is 0.744. The van der Waals surface area contributed by atoms with Crippen molar-refractivity contribution in [1.29, 1.82) is 0 Å². The van der Waals surface area contributed by atoms with Crippen LogP contribution in [-0.2, 0) is 0 Å². The fraction of sp³-hybridized carbons (Fsp3) is 0.467.